The molecule has 0 atom stereocenters. The van der Waals surface area contributed by atoms with E-state index in [9.17, 15) is 0 Å². The van der Waals surface area contributed by atoms with Crippen LogP contribution in [0.3, 0.4) is 0 Å². The minimum absolute atomic E-state index is 0.469. The summed E-state index contributed by atoms with van der Waals surface area (Å²) in [6, 6.07) is 6.25. The standard InChI is InChI=1S/C15H18BrClN2/c1-2-15(6-3-7-15)10-19-13-8-11(16)4-5-12(13)18-14(19)9-17/h4-5,8H,2-3,6-7,9-10H2,1H3. The number of hydrogen-bond donors (Lipinski definition) is 0. The van der Waals surface area contributed by atoms with Crippen LogP contribution in [0, 0.1) is 5.41 Å². The summed E-state index contributed by atoms with van der Waals surface area (Å²) in [5.41, 5.74) is 2.71. The van der Waals surface area contributed by atoms with Gasteiger partial charge in [0.2, 0.25) is 0 Å². The van der Waals surface area contributed by atoms with E-state index in [1.807, 2.05) is 6.07 Å². The molecule has 1 saturated carbocycles. The molecule has 0 N–H and O–H groups in total. The fourth-order valence-corrected chi connectivity index (χ4v) is 3.61. The minimum atomic E-state index is 0.469. The molecule has 102 valence electrons. The highest BCUT2D eigenvalue weighted by molar-refractivity contribution is 9.10. The number of benzene rings is 1. The topological polar surface area (TPSA) is 17.8 Å². The number of alkyl halides is 1. The maximum Gasteiger partial charge on any atom is 0.124 e. The quantitative estimate of drug-likeness (QED) is 0.706. The number of halogens is 2. The van der Waals surface area contributed by atoms with Gasteiger partial charge in [0.1, 0.15) is 5.82 Å². The monoisotopic (exact) mass is 340 g/mol. The minimum Gasteiger partial charge on any atom is -0.326 e. The Hall–Kier alpha value is -0.540. The predicted octanol–water partition coefficient (Wildman–Crippen LogP) is 5.12. The zero-order chi connectivity index (χ0) is 13.5. The van der Waals surface area contributed by atoms with Crippen LogP contribution in [0.25, 0.3) is 11.0 Å². The average Bonchev–Trinajstić information content (AvgIpc) is 2.71. The van der Waals surface area contributed by atoms with Crippen molar-refractivity contribution in [1.29, 1.82) is 0 Å². The Bertz CT molecular complexity index is 596. The summed E-state index contributed by atoms with van der Waals surface area (Å²) in [5.74, 6) is 1.47. The third-order valence-corrected chi connectivity index (χ3v) is 5.30. The van der Waals surface area contributed by atoms with Gasteiger partial charge in [-0.25, -0.2) is 4.98 Å². The normalized spacial score (nSPS) is 17.6. The molecule has 0 aliphatic heterocycles. The number of fused-ring (bicyclic) bond motifs is 1. The van der Waals surface area contributed by atoms with Gasteiger partial charge in [0.05, 0.1) is 16.9 Å². The fraction of sp³-hybridized carbons (Fsp3) is 0.533. The second-order valence-electron chi connectivity index (χ2n) is 5.59. The van der Waals surface area contributed by atoms with Crippen LogP contribution >= 0.6 is 27.5 Å². The van der Waals surface area contributed by atoms with Crippen LogP contribution in [0.4, 0.5) is 0 Å². The van der Waals surface area contributed by atoms with Gasteiger partial charge in [-0.2, -0.15) is 0 Å². The van der Waals surface area contributed by atoms with Gasteiger partial charge in [0.15, 0.2) is 0 Å². The maximum absolute atomic E-state index is 6.08. The van der Waals surface area contributed by atoms with Crippen LogP contribution in [0.1, 0.15) is 38.4 Å². The Morgan fingerprint density at radius 1 is 1.42 bits per heavy atom. The van der Waals surface area contributed by atoms with E-state index in [2.05, 4.69) is 44.5 Å². The van der Waals surface area contributed by atoms with Crippen molar-refractivity contribution in [3.8, 4) is 0 Å². The van der Waals surface area contributed by atoms with E-state index in [4.69, 9.17) is 11.6 Å². The molecule has 1 aromatic heterocycles. The molecule has 19 heavy (non-hydrogen) atoms. The number of nitrogens with zero attached hydrogens (tertiary/aromatic N) is 2. The number of hydrogen-bond acceptors (Lipinski definition) is 1. The Balaban J connectivity index is 2.07. The predicted molar refractivity (Wildman–Crippen MR) is 83.6 cm³/mol. The molecule has 0 amide bonds. The lowest BCUT2D eigenvalue weighted by atomic mass is 9.67. The van der Waals surface area contributed by atoms with E-state index >= 15 is 0 Å². The second-order valence-corrected chi connectivity index (χ2v) is 6.77. The molecule has 2 aromatic rings. The highest BCUT2D eigenvalue weighted by Gasteiger charge is 2.36. The van der Waals surface area contributed by atoms with Crippen LogP contribution in [0.5, 0.6) is 0 Å². The molecule has 0 spiro atoms. The van der Waals surface area contributed by atoms with Crippen molar-refractivity contribution in [2.24, 2.45) is 5.41 Å². The molecule has 1 aliphatic carbocycles. The van der Waals surface area contributed by atoms with Crippen molar-refractivity contribution in [2.45, 2.75) is 45.0 Å². The SMILES string of the molecule is CCC1(Cn2c(CCl)nc3ccc(Br)cc32)CCC1. The van der Waals surface area contributed by atoms with Gasteiger partial charge >= 0.3 is 0 Å². The largest absolute Gasteiger partial charge is 0.326 e. The van der Waals surface area contributed by atoms with E-state index in [0.717, 1.165) is 22.4 Å². The van der Waals surface area contributed by atoms with Gasteiger partial charge in [-0.3, -0.25) is 0 Å². The van der Waals surface area contributed by atoms with E-state index in [1.165, 1.54) is 31.2 Å². The highest BCUT2D eigenvalue weighted by Crippen LogP contribution is 2.46. The van der Waals surface area contributed by atoms with Crippen molar-refractivity contribution in [3.63, 3.8) is 0 Å². The first kappa shape index (κ1) is 13.4. The summed E-state index contributed by atoms with van der Waals surface area (Å²) in [4.78, 5) is 4.66. The zero-order valence-corrected chi connectivity index (χ0v) is 13.5. The lowest BCUT2D eigenvalue weighted by molar-refractivity contribution is 0.101. The first-order chi connectivity index (χ1) is 9.17. The number of rotatable bonds is 4. The molecule has 2 nitrogen and oxygen atoms in total. The summed E-state index contributed by atoms with van der Waals surface area (Å²) in [6.45, 7) is 3.35. The lowest BCUT2D eigenvalue weighted by Gasteiger charge is -2.42. The molecular weight excluding hydrogens is 324 g/mol. The molecule has 0 unspecified atom stereocenters. The summed E-state index contributed by atoms with van der Waals surface area (Å²) < 4.78 is 3.43. The molecule has 1 aromatic carbocycles. The van der Waals surface area contributed by atoms with E-state index in [1.54, 1.807) is 0 Å². The summed E-state index contributed by atoms with van der Waals surface area (Å²) >= 11 is 9.63. The van der Waals surface area contributed by atoms with Crippen molar-refractivity contribution >= 4 is 38.6 Å². The van der Waals surface area contributed by atoms with Gasteiger partial charge in [-0.15, -0.1) is 11.6 Å². The molecule has 1 aliphatic rings. The maximum atomic E-state index is 6.08. The Morgan fingerprint density at radius 3 is 2.79 bits per heavy atom. The van der Waals surface area contributed by atoms with Gasteiger partial charge < -0.3 is 4.57 Å². The first-order valence-corrected chi connectivity index (χ1v) is 8.21. The Kier molecular flexibility index (Phi) is 3.61. The van der Waals surface area contributed by atoms with Gasteiger partial charge in [-0.05, 0) is 42.9 Å². The Labute approximate surface area is 127 Å². The van der Waals surface area contributed by atoms with E-state index in [-0.39, 0.29) is 0 Å². The third kappa shape index (κ3) is 2.31. The second kappa shape index (κ2) is 5.10. The zero-order valence-electron chi connectivity index (χ0n) is 11.1. The van der Waals surface area contributed by atoms with Crippen molar-refractivity contribution in [1.82, 2.24) is 9.55 Å². The molecular formula is C15H18BrClN2. The van der Waals surface area contributed by atoms with Gasteiger partial charge in [0, 0.05) is 11.0 Å². The van der Waals surface area contributed by atoms with Crippen LogP contribution in [0.2, 0.25) is 0 Å². The summed E-state index contributed by atoms with van der Waals surface area (Å²) in [7, 11) is 0. The molecule has 1 heterocycles. The van der Waals surface area contributed by atoms with Crippen LogP contribution in [-0.2, 0) is 12.4 Å². The first-order valence-electron chi connectivity index (χ1n) is 6.88. The summed E-state index contributed by atoms with van der Waals surface area (Å²) in [5, 5.41) is 0. The highest BCUT2D eigenvalue weighted by atomic mass is 79.9. The van der Waals surface area contributed by atoms with Crippen molar-refractivity contribution < 1.29 is 0 Å². The summed E-state index contributed by atoms with van der Waals surface area (Å²) in [6.07, 6.45) is 5.26. The third-order valence-electron chi connectivity index (χ3n) is 4.57. The Morgan fingerprint density at radius 2 is 2.21 bits per heavy atom. The van der Waals surface area contributed by atoms with Crippen LogP contribution in [-0.4, -0.2) is 9.55 Å². The molecule has 0 radical (unpaired) electrons. The van der Waals surface area contributed by atoms with Crippen LogP contribution in [0.15, 0.2) is 22.7 Å². The van der Waals surface area contributed by atoms with E-state index in [0.29, 0.717) is 11.3 Å². The smallest absolute Gasteiger partial charge is 0.124 e. The molecule has 4 heteroatoms. The lowest BCUT2D eigenvalue weighted by Crippen LogP contribution is -2.33. The fourth-order valence-electron chi connectivity index (χ4n) is 3.06. The van der Waals surface area contributed by atoms with Crippen LogP contribution < -0.4 is 0 Å². The van der Waals surface area contributed by atoms with Gasteiger partial charge in [-0.1, -0.05) is 29.3 Å². The number of aromatic nitrogens is 2. The molecule has 0 bridgehead atoms. The molecule has 0 saturated heterocycles. The van der Waals surface area contributed by atoms with Crippen molar-refractivity contribution in [3.05, 3.63) is 28.5 Å². The molecule has 1 fully saturated rings. The average molecular weight is 342 g/mol. The van der Waals surface area contributed by atoms with Crippen molar-refractivity contribution in [2.75, 3.05) is 0 Å². The number of imidazole rings is 1. The van der Waals surface area contributed by atoms with Gasteiger partial charge in [0.25, 0.3) is 0 Å². The molecule has 3 rings (SSSR count). The van der Waals surface area contributed by atoms with E-state index < -0.39 is 0 Å².